The highest BCUT2D eigenvalue weighted by Gasteiger charge is 2.20. The minimum atomic E-state index is -0.695. The van der Waals surface area contributed by atoms with Crippen LogP contribution in [-0.2, 0) is 0 Å². The van der Waals surface area contributed by atoms with Crippen LogP contribution in [0.1, 0.15) is 10.4 Å². The number of rotatable bonds is 8. The molecule has 0 fully saturated rings. The molecule has 4 rings (SSSR count). The van der Waals surface area contributed by atoms with E-state index in [4.69, 9.17) is 32.7 Å². The topological polar surface area (TPSA) is 104 Å². The van der Waals surface area contributed by atoms with E-state index in [0.29, 0.717) is 27.4 Å². The number of pyridine rings is 1. The van der Waals surface area contributed by atoms with Crippen molar-refractivity contribution in [2.45, 2.75) is 0 Å². The normalized spacial score (nSPS) is 10.6. The van der Waals surface area contributed by atoms with Gasteiger partial charge in [-0.05, 0) is 30.3 Å². The summed E-state index contributed by atoms with van der Waals surface area (Å²) in [6.07, 6.45) is 1.43. The molecule has 0 unspecified atom stereocenters. The lowest BCUT2D eigenvalue weighted by Gasteiger charge is -2.13. The van der Waals surface area contributed by atoms with Crippen LogP contribution in [0.25, 0.3) is 10.9 Å². The van der Waals surface area contributed by atoms with Crippen molar-refractivity contribution in [1.29, 1.82) is 0 Å². The first-order valence-electron chi connectivity index (χ1n) is 10.1. The van der Waals surface area contributed by atoms with Crippen molar-refractivity contribution in [3.8, 4) is 11.5 Å². The number of nitrogens with one attached hydrogen (secondary N) is 1. The number of nitro benzene ring substituents is 1. The number of ether oxygens (including phenoxy) is 2. The van der Waals surface area contributed by atoms with Gasteiger partial charge in [0.05, 0.1) is 20.5 Å². The molecule has 1 aromatic heterocycles. The number of nitro groups is 1. The molecule has 0 amide bonds. The zero-order valence-electron chi connectivity index (χ0n) is 17.5. The molecule has 172 valence electrons. The van der Waals surface area contributed by atoms with Crippen molar-refractivity contribution < 1.29 is 19.2 Å². The van der Waals surface area contributed by atoms with E-state index in [9.17, 15) is 14.9 Å². The molecule has 0 bridgehead atoms. The number of hydrogen-bond acceptors (Lipinski definition) is 7. The molecule has 0 aliphatic carbocycles. The molecule has 34 heavy (non-hydrogen) atoms. The SMILES string of the molecule is O=C(Oc1ccccc1OCCNc1ccccc1[N+](=O)[O-])c1c(Cl)ccc2cc(Cl)cnc12. The maximum absolute atomic E-state index is 13.0. The number of aromatic nitrogens is 1. The number of anilines is 1. The van der Waals surface area contributed by atoms with Gasteiger partial charge in [0.1, 0.15) is 17.9 Å². The summed E-state index contributed by atoms with van der Waals surface area (Å²) in [7, 11) is 0. The number of fused-ring (bicyclic) bond motifs is 1. The number of nitrogens with zero attached hydrogens (tertiary/aromatic N) is 2. The van der Waals surface area contributed by atoms with E-state index >= 15 is 0 Å². The first-order chi connectivity index (χ1) is 16.4. The van der Waals surface area contributed by atoms with Crippen LogP contribution < -0.4 is 14.8 Å². The molecule has 3 aromatic carbocycles. The zero-order valence-corrected chi connectivity index (χ0v) is 19.0. The summed E-state index contributed by atoms with van der Waals surface area (Å²) in [5.41, 5.74) is 0.838. The molecule has 8 nitrogen and oxygen atoms in total. The van der Waals surface area contributed by atoms with Crippen molar-refractivity contribution >= 4 is 51.4 Å². The first kappa shape index (κ1) is 23.3. The molecule has 10 heteroatoms. The lowest BCUT2D eigenvalue weighted by atomic mass is 10.1. The van der Waals surface area contributed by atoms with Crippen molar-refractivity contribution in [2.75, 3.05) is 18.5 Å². The lowest BCUT2D eigenvalue weighted by molar-refractivity contribution is -0.384. The van der Waals surface area contributed by atoms with Gasteiger partial charge in [-0.3, -0.25) is 15.1 Å². The molecule has 1 N–H and O–H groups in total. The highest BCUT2D eigenvalue weighted by molar-refractivity contribution is 6.35. The Morgan fingerprint density at radius 1 is 1.03 bits per heavy atom. The first-order valence-corrected chi connectivity index (χ1v) is 10.8. The molecule has 4 aromatic rings. The molecule has 0 atom stereocenters. The quantitative estimate of drug-likeness (QED) is 0.102. The summed E-state index contributed by atoms with van der Waals surface area (Å²) >= 11 is 12.3. The van der Waals surface area contributed by atoms with Gasteiger partial charge in [0, 0.05) is 24.2 Å². The predicted octanol–water partition coefficient (Wildman–Crippen LogP) is 6.16. The fraction of sp³-hybridized carbons (Fsp3) is 0.0833. The van der Waals surface area contributed by atoms with E-state index in [1.54, 1.807) is 60.7 Å². The minimum absolute atomic E-state index is 0.0290. The largest absolute Gasteiger partial charge is 0.488 e. The van der Waals surface area contributed by atoms with E-state index in [-0.39, 0.29) is 35.2 Å². The summed E-state index contributed by atoms with van der Waals surface area (Å²) in [6, 6.07) is 18.0. The van der Waals surface area contributed by atoms with E-state index in [0.717, 1.165) is 0 Å². The Labute approximate surface area is 204 Å². The van der Waals surface area contributed by atoms with Gasteiger partial charge in [0.15, 0.2) is 11.5 Å². The Morgan fingerprint density at radius 2 is 1.76 bits per heavy atom. The number of halogens is 2. The van der Waals surface area contributed by atoms with Crippen LogP contribution in [0.3, 0.4) is 0 Å². The van der Waals surface area contributed by atoms with E-state index in [1.165, 1.54) is 12.3 Å². The number of carbonyl (C=O) groups is 1. The van der Waals surface area contributed by atoms with Gasteiger partial charge in [-0.2, -0.15) is 0 Å². The van der Waals surface area contributed by atoms with Crippen molar-refractivity contribution in [3.63, 3.8) is 0 Å². The third kappa shape index (κ3) is 5.19. The van der Waals surface area contributed by atoms with Crippen LogP contribution >= 0.6 is 23.2 Å². The van der Waals surface area contributed by atoms with Gasteiger partial charge in [-0.1, -0.05) is 53.5 Å². The third-order valence-corrected chi connectivity index (χ3v) is 5.32. The van der Waals surface area contributed by atoms with Crippen LogP contribution in [0.4, 0.5) is 11.4 Å². The van der Waals surface area contributed by atoms with Crippen LogP contribution in [0.15, 0.2) is 72.9 Å². The predicted molar refractivity (Wildman–Crippen MR) is 130 cm³/mol. The molecule has 0 saturated heterocycles. The number of para-hydroxylation sites is 4. The second kappa shape index (κ2) is 10.4. The Kier molecular flexibility index (Phi) is 7.10. The highest BCUT2D eigenvalue weighted by Crippen LogP contribution is 2.31. The van der Waals surface area contributed by atoms with Gasteiger partial charge in [-0.15, -0.1) is 0 Å². The fourth-order valence-electron chi connectivity index (χ4n) is 3.28. The number of carbonyl (C=O) groups excluding carboxylic acids is 1. The average Bonchev–Trinajstić information content (AvgIpc) is 2.83. The van der Waals surface area contributed by atoms with E-state index in [1.807, 2.05) is 0 Å². The Morgan fingerprint density at radius 3 is 2.56 bits per heavy atom. The number of benzene rings is 3. The van der Waals surface area contributed by atoms with Crippen LogP contribution in [0.2, 0.25) is 10.0 Å². The molecule has 0 aliphatic heterocycles. The molecular formula is C24H17Cl2N3O5. The second-order valence-corrected chi connectivity index (χ2v) is 7.88. The zero-order chi connectivity index (χ0) is 24.1. The number of esters is 1. The standard InChI is InChI=1S/C24H17Cl2N3O5/c25-16-13-15-9-10-17(26)22(23(15)28-14-16)24(30)34-21-8-4-3-7-20(21)33-12-11-27-18-5-1-2-6-19(18)29(31)32/h1-10,13-14,27H,11-12H2. The van der Waals surface area contributed by atoms with Crippen LogP contribution in [0, 0.1) is 10.1 Å². The minimum Gasteiger partial charge on any atom is -0.488 e. The van der Waals surface area contributed by atoms with Gasteiger partial charge in [-0.25, -0.2) is 4.79 Å². The molecular weight excluding hydrogens is 481 g/mol. The molecule has 0 aliphatic rings. The van der Waals surface area contributed by atoms with Gasteiger partial charge < -0.3 is 14.8 Å². The van der Waals surface area contributed by atoms with Crippen molar-refractivity contribution in [2.24, 2.45) is 0 Å². The van der Waals surface area contributed by atoms with Crippen molar-refractivity contribution in [3.05, 3.63) is 98.6 Å². The van der Waals surface area contributed by atoms with Crippen LogP contribution in [-0.4, -0.2) is 29.0 Å². The summed E-state index contributed by atoms with van der Waals surface area (Å²) in [4.78, 5) is 27.9. The second-order valence-electron chi connectivity index (χ2n) is 7.03. The summed E-state index contributed by atoms with van der Waals surface area (Å²) in [6.45, 7) is 0.447. The Hall–Kier alpha value is -3.88. The van der Waals surface area contributed by atoms with Gasteiger partial charge in [0.2, 0.25) is 0 Å². The van der Waals surface area contributed by atoms with Crippen LogP contribution in [0.5, 0.6) is 11.5 Å². The van der Waals surface area contributed by atoms with Crippen molar-refractivity contribution in [1.82, 2.24) is 4.98 Å². The highest BCUT2D eigenvalue weighted by atomic mass is 35.5. The fourth-order valence-corrected chi connectivity index (χ4v) is 3.67. The van der Waals surface area contributed by atoms with E-state index < -0.39 is 10.9 Å². The lowest BCUT2D eigenvalue weighted by Crippen LogP contribution is -2.14. The monoisotopic (exact) mass is 497 g/mol. The van der Waals surface area contributed by atoms with E-state index in [2.05, 4.69) is 10.3 Å². The Bertz CT molecular complexity index is 1380. The van der Waals surface area contributed by atoms with Gasteiger partial charge in [0.25, 0.3) is 5.69 Å². The molecule has 1 heterocycles. The van der Waals surface area contributed by atoms with Gasteiger partial charge >= 0.3 is 5.97 Å². The summed E-state index contributed by atoms with van der Waals surface area (Å²) < 4.78 is 11.3. The molecule has 0 saturated carbocycles. The Balaban J connectivity index is 1.46. The molecule has 0 spiro atoms. The summed E-state index contributed by atoms with van der Waals surface area (Å²) in [5, 5.41) is 15.4. The average molecular weight is 498 g/mol. The number of hydrogen-bond donors (Lipinski definition) is 1. The summed E-state index contributed by atoms with van der Waals surface area (Å²) in [5.74, 6) is -0.174. The maximum atomic E-state index is 13.0. The smallest absolute Gasteiger partial charge is 0.347 e. The third-order valence-electron chi connectivity index (χ3n) is 4.80. The maximum Gasteiger partial charge on any atom is 0.347 e. The molecule has 0 radical (unpaired) electrons.